The second kappa shape index (κ2) is 5.26. The first-order chi connectivity index (χ1) is 11.2. The summed E-state index contributed by atoms with van der Waals surface area (Å²) in [6.45, 7) is 0. The second-order valence-corrected chi connectivity index (χ2v) is 5.41. The summed E-state index contributed by atoms with van der Waals surface area (Å²) in [7, 11) is 0. The summed E-state index contributed by atoms with van der Waals surface area (Å²) in [6.07, 6.45) is 5.42. The van der Waals surface area contributed by atoms with Gasteiger partial charge in [-0.25, -0.2) is 4.98 Å². The van der Waals surface area contributed by atoms with E-state index in [1.54, 1.807) is 12.4 Å². The topological polar surface area (TPSA) is 91.6 Å². The van der Waals surface area contributed by atoms with Crippen molar-refractivity contribution in [2.24, 2.45) is 5.73 Å². The minimum atomic E-state index is -0.873. The number of nitrogens with zero attached hydrogens (tertiary/aromatic N) is 2. The molecule has 0 saturated heterocycles. The van der Waals surface area contributed by atoms with Gasteiger partial charge >= 0.3 is 0 Å². The molecule has 23 heavy (non-hydrogen) atoms. The lowest BCUT2D eigenvalue weighted by atomic mass is 10.0. The van der Waals surface area contributed by atoms with Crippen molar-refractivity contribution in [2.45, 2.75) is 5.66 Å². The molecule has 4 rings (SSSR count). The summed E-state index contributed by atoms with van der Waals surface area (Å²) in [5.41, 5.74) is 6.48. The van der Waals surface area contributed by atoms with Crippen molar-refractivity contribution in [1.29, 1.82) is 0 Å². The number of fused-ring (bicyclic) bond motifs is 1. The summed E-state index contributed by atoms with van der Waals surface area (Å²) in [5.74, 6) is 1.55. The molecule has 6 heteroatoms. The molecule has 0 amide bonds. The van der Waals surface area contributed by atoms with Crippen LogP contribution in [0.2, 0.25) is 0 Å². The van der Waals surface area contributed by atoms with Gasteiger partial charge in [0.25, 0.3) is 0 Å². The second-order valence-electron chi connectivity index (χ2n) is 5.41. The highest BCUT2D eigenvalue weighted by molar-refractivity contribution is 5.65. The Hall–Kier alpha value is -3.12. The van der Waals surface area contributed by atoms with Crippen LogP contribution < -0.4 is 26.8 Å². The molecular formula is C17H16N6. The number of aromatic amines is 1. The van der Waals surface area contributed by atoms with Gasteiger partial charge in [-0.3, -0.25) is 5.10 Å². The number of benzene rings is 1. The quantitative estimate of drug-likeness (QED) is 0.554. The van der Waals surface area contributed by atoms with Crippen LogP contribution in [0, 0.1) is 0 Å². The van der Waals surface area contributed by atoms with Crippen molar-refractivity contribution in [1.82, 2.24) is 20.5 Å². The smallest absolute Gasteiger partial charge is 0.150 e. The lowest BCUT2D eigenvalue weighted by Gasteiger charge is -2.31. The van der Waals surface area contributed by atoms with E-state index in [9.17, 15) is 0 Å². The molecular weight excluding hydrogens is 288 g/mol. The van der Waals surface area contributed by atoms with Crippen LogP contribution in [-0.2, 0) is 5.66 Å². The lowest BCUT2D eigenvalue weighted by Crippen LogP contribution is -2.56. The molecule has 1 aromatic carbocycles. The predicted octanol–water partition coefficient (Wildman–Crippen LogP) is 0.178. The number of nitrogens with two attached hydrogens (primary N) is 1. The van der Waals surface area contributed by atoms with Crippen LogP contribution in [0.1, 0.15) is 5.69 Å². The van der Waals surface area contributed by atoms with Crippen LogP contribution in [0.25, 0.3) is 11.9 Å². The molecule has 114 valence electrons. The molecule has 3 aromatic rings. The van der Waals surface area contributed by atoms with Gasteiger partial charge in [0, 0.05) is 17.6 Å². The van der Waals surface area contributed by atoms with Gasteiger partial charge in [-0.15, -0.1) is 0 Å². The molecule has 0 saturated carbocycles. The van der Waals surface area contributed by atoms with E-state index in [4.69, 9.17) is 5.73 Å². The van der Waals surface area contributed by atoms with Crippen LogP contribution >= 0.6 is 0 Å². The number of aromatic nitrogens is 3. The maximum Gasteiger partial charge on any atom is 0.150 e. The molecule has 0 radical (unpaired) electrons. The standard InChI is InChI=1S/C17H16N6/c18-17(14-8-10-20-23-14)11-12-5-1-2-6-13(12)16(22-17)21-15-7-3-4-9-19-15/h1-11,22H,18H2,(H,19,21)(H,20,23). The van der Waals surface area contributed by atoms with E-state index in [1.165, 1.54) is 0 Å². The highest BCUT2D eigenvalue weighted by Gasteiger charge is 2.29. The first-order valence-corrected chi connectivity index (χ1v) is 7.32. The molecule has 0 spiro atoms. The Labute approximate surface area is 132 Å². The number of H-pyrrole nitrogens is 1. The average Bonchev–Trinajstić information content (AvgIpc) is 3.11. The molecule has 0 bridgehead atoms. The lowest BCUT2D eigenvalue weighted by molar-refractivity contribution is 0.516. The minimum absolute atomic E-state index is 0.749. The number of rotatable bonds is 3. The van der Waals surface area contributed by atoms with Crippen LogP contribution in [0.5, 0.6) is 0 Å². The largest absolute Gasteiger partial charge is 0.345 e. The zero-order valence-electron chi connectivity index (χ0n) is 12.3. The monoisotopic (exact) mass is 304 g/mol. The number of hydrogen-bond donors (Lipinski definition) is 4. The van der Waals surface area contributed by atoms with Crippen LogP contribution in [0.3, 0.4) is 0 Å². The molecule has 0 fully saturated rings. The summed E-state index contributed by atoms with van der Waals surface area (Å²) >= 11 is 0. The number of nitrogens with one attached hydrogen (secondary N) is 3. The molecule has 0 aliphatic carbocycles. The molecule has 1 atom stereocenters. The average molecular weight is 304 g/mol. The first-order valence-electron chi connectivity index (χ1n) is 7.32. The maximum atomic E-state index is 6.56. The molecule has 1 aliphatic rings. The summed E-state index contributed by atoms with van der Waals surface area (Å²) in [6, 6.07) is 15.6. The Kier molecular flexibility index (Phi) is 3.09. The predicted molar refractivity (Wildman–Crippen MR) is 89.0 cm³/mol. The Bertz CT molecular complexity index is 933. The summed E-state index contributed by atoms with van der Waals surface area (Å²) in [5, 5.41) is 15.7. The fourth-order valence-electron chi connectivity index (χ4n) is 2.70. The maximum absolute atomic E-state index is 6.56. The van der Waals surface area contributed by atoms with Gasteiger partial charge in [-0.1, -0.05) is 30.3 Å². The molecule has 2 aromatic heterocycles. The van der Waals surface area contributed by atoms with Crippen LogP contribution in [-0.4, -0.2) is 15.2 Å². The molecule has 1 aliphatic heterocycles. The summed E-state index contributed by atoms with van der Waals surface area (Å²) < 4.78 is 0. The van der Waals surface area contributed by atoms with Gasteiger partial charge in [-0.05, 0) is 29.5 Å². The highest BCUT2D eigenvalue weighted by Crippen LogP contribution is 2.18. The van der Waals surface area contributed by atoms with Crippen molar-refractivity contribution < 1.29 is 0 Å². The number of hydrogen-bond acceptors (Lipinski definition) is 5. The van der Waals surface area contributed by atoms with Crippen LogP contribution in [0.4, 0.5) is 5.82 Å². The highest BCUT2D eigenvalue weighted by atomic mass is 15.2. The van der Waals surface area contributed by atoms with Crippen molar-refractivity contribution in [2.75, 3.05) is 5.32 Å². The fraction of sp³-hybridized carbons (Fsp3) is 0.0588. The SMILES string of the molecule is NC1(c2ccn[nH]2)C=c2ccccc2=C(Nc2ccccn2)N1. The van der Waals surface area contributed by atoms with E-state index >= 15 is 0 Å². The van der Waals surface area contributed by atoms with Gasteiger partial charge < -0.3 is 16.4 Å². The van der Waals surface area contributed by atoms with Gasteiger partial charge in [0.15, 0.2) is 5.66 Å². The third-order valence-electron chi connectivity index (χ3n) is 3.81. The molecule has 3 heterocycles. The fourth-order valence-corrected chi connectivity index (χ4v) is 2.70. The van der Waals surface area contributed by atoms with E-state index in [0.29, 0.717) is 0 Å². The van der Waals surface area contributed by atoms with Gasteiger partial charge in [0.05, 0.1) is 5.69 Å². The Morgan fingerprint density at radius 1 is 1.00 bits per heavy atom. The van der Waals surface area contributed by atoms with E-state index in [0.717, 1.165) is 27.8 Å². The Morgan fingerprint density at radius 3 is 2.65 bits per heavy atom. The number of pyridine rings is 1. The van der Waals surface area contributed by atoms with E-state index < -0.39 is 5.66 Å². The zero-order valence-corrected chi connectivity index (χ0v) is 12.3. The van der Waals surface area contributed by atoms with E-state index in [-0.39, 0.29) is 0 Å². The normalized spacial score (nSPS) is 19.4. The minimum Gasteiger partial charge on any atom is -0.345 e. The molecule has 6 nitrogen and oxygen atoms in total. The third-order valence-corrected chi connectivity index (χ3v) is 3.81. The summed E-state index contributed by atoms with van der Waals surface area (Å²) in [4.78, 5) is 4.31. The molecule has 5 N–H and O–H groups in total. The van der Waals surface area contributed by atoms with Gasteiger partial charge in [-0.2, -0.15) is 5.10 Å². The Balaban J connectivity index is 1.85. The van der Waals surface area contributed by atoms with E-state index in [2.05, 4.69) is 25.8 Å². The van der Waals surface area contributed by atoms with E-state index in [1.807, 2.05) is 54.6 Å². The van der Waals surface area contributed by atoms with Crippen molar-refractivity contribution >= 4 is 17.7 Å². The zero-order chi connectivity index (χ0) is 15.7. The third kappa shape index (κ3) is 2.45. The van der Waals surface area contributed by atoms with Gasteiger partial charge in [0.1, 0.15) is 11.6 Å². The first kappa shape index (κ1) is 13.5. The number of anilines is 1. The van der Waals surface area contributed by atoms with Crippen molar-refractivity contribution in [3.05, 3.63) is 77.1 Å². The van der Waals surface area contributed by atoms with Crippen molar-refractivity contribution in [3.63, 3.8) is 0 Å². The Morgan fingerprint density at radius 2 is 1.87 bits per heavy atom. The molecule has 1 unspecified atom stereocenters. The van der Waals surface area contributed by atoms with Crippen molar-refractivity contribution in [3.8, 4) is 0 Å². The van der Waals surface area contributed by atoms with Gasteiger partial charge in [0.2, 0.25) is 0 Å². The van der Waals surface area contributed by atoms with Crippen LogP contribution in [0.15, 0.2) is 60.9 Å².